The Hall–Kier alpha value is -1.30. The first-order valence-electron chi connectivity index (χ1n) is 4.67. The van der Waals surface area contributed by atoms with Gasteiger partial charge in [0.1, 0.15) is 11.2 Å². The van der Waals surface area contributed by atoms with Gasteiger partial charge in [-0.2, -0.15) is 5.26 Å². The molecule has 13 heavy (non-hydrogen) atoms. The Morgan fingerprint density at radius 3 is 2.69 bits per heavy atom. The molecular weight excluding hydrogens is 162 g/mol. The van der Waals surface area contributed by atoms with E-state index in [1.54, 1.807) is 6.20 Å². The first-order chi connectivity index (χ1) is 6.28. The van der Waals surface area contributed by atoms with E-state index in [4.69, 9.17) is 0 Å². The van der Waals surface area contributed by atoms with Crippen LogP contribution in [0.3, 0.4) is 0 Å². The molecule has 2 rings (SSSR count). The molecule has 0 N–H and O–H groups in total. The second-order valence-corrected chi connectivity index (χ2v) is 3.76. The quantitative estimate of drug-likeness (QED) is 0.652. The molecule has 3 nitrogen and oxygen atoms in total. The Morgan fingerprint density at radius 2 is 2.23 bits per heavy atom. The van der Waals surface area contributed by atoms with Gasteiger partial charge in [0.05, 0.1) is 6.07 Å². The summed E-state index contributed by atoms with van der Waals surface area (Å²) in [7, 11) is 1.96. The van der Waals surface area contributed by atoms with Crippen LogP contribution in [0.2, 0.25) is 0 Å². The highest BCUT2D eigenvalue weighted by molar-refractivity contribution is 5.23. The van der Waals surface area contributed by atoms with Crippen molar-refractivity contribution in [3.63, 3.8) is 0 Å². The summed E-state index contributed by atoms with van der Waals surface area (Å²) in [5.41, 5.74) is -0.293. The van der Waals surface area contributed by atoms with Crippen LogP contribution in [-0.2, 0) is 12.5 Å². The normalized spacial score (nSPS) is 20.0. The Labute approximate surface area is 78.0 Å². The van der Waals surface area contributed by atoms with Crippen molar-refractivity contribution in [3.05, 3.63) is 18.2 Å². The van der Waals surface area contributed by atoms with E-state index in [0.29, 0.717) is 0 Å². The Balaban J connectivity index is 2.43. The molecule has 1 saturated carbocycles. The summed E-state index contributed by atoms with van der Waals surface area (Å²) in [6.07, 6.45) is 7.92. The maximum absolute atomic E-state index is 9.21. The summed E-state index contributed by atoms with van der Waals surface area (Å²) < 4.78 is 1.97. The van der Waals surface area contributed by atoms with Gasteiger partial charge in [-0.1, -0.05) is 12.8 Å². The zero-order valence-corrected chi connectivity index (χ0v) is 7.82. The van der Waals surface area contributed by atoms with Crippen molar-refractivity contribution in [3.8, 4) is 6.07 Å². The molecule has 1 heterocycles. The third-order valence-electron chi connectivity index (χ3n) is 2.92. The van der Waals surface area contributed by atoms with E-state index in [1.165, 1.54) is 0 Å². The predicted octanol–water partition coefficient (Wildman–Crippen LogP) is 1.76. The number of hydrogen-bond donors (Lipinski definition) is 0. The largest absolute Gasteiger partial charge is 0.337 e. The second kappa shape index (κ2) is 2.88. The molecule has 1 aromatic heterocycles. The second-order valence-electron chi connectivity index (χ2n) is 3.76. The topological polar surface area (TPSA) is 41.6 Å². The standard InChI is InChI=1S/C10H13N3/c1-13-7-6-12-9(13)10(8-11)4-2-3-5-10/h6-7H,2-5H2,1H3. The van der Waals surface area contributed by atoms with Crippen LogP contribution in [-0.4, -0.2) is 9.55 Å². The lowest BCUT2D eigenvalue weighted by atomic mass is 9.87. The first-order valence-corrected chi connectivity index (χ1v) is 4.67. The first kappa shape index (κ1) is 8.31. The van der Waals surface area contributed by atoms with Gasteiger partial charge < -0.3 is 4.57 Å². The van der Waals surface area contributed by atoms with Gasteiger partial charge in [-0.3, -0.25) is 0 Å². The summed E-state index contributed by atoms with van der Waals surface area (Å²) in [5.74, 6) is 0.938. The molecule has 1 fully saturated rings. The highest BCUT2D eigenvalue weighted by Gasteiger charge is 2.38. The number of rotatable bonds is 1. The molecule has 0 radical (unpaired) electrons. The van der Waals surface area contributed by atoms with Crippen molar-refractivity contribution in [1.29, 1.82) is 5.26 Å². The molecule has 0 saturated heterocycles. The fraction of sp³-hybridized carbons (Fsp3) is 0.600. The maximum atomic E-state index is 9.21. The summed E-state index contributed by atoms with van der Waals surface area (Å²) in [6, 6.07) is 2.44. The minimum absolute atomic E-state index is 0.293. The molecule has 0 aromatic carbocycles. The van der Waals surface area contributed by atoms with Crippen LogP contribution in [0.25, 0.3) is 0 Å². The van der Waals surface area contributed by atoms with Gasteiger partial charge in [-0.15, -0.1) is 0 Å². The molecular formula is C10H13N3. The van der Waals surface area contributed by atoms with E-state index in [0.717, 1.165) is 31.5 Å². The zero-order chi connectivity index (χ0) is 9.31. The van der Waals surface area contributed by atoms with Crippen LogP contribution in [0.5, 0.6) is 0 Å². The molecule has 1 aliphatic rings. The van der Waals surface area contributed by atoms with Crippen LogP contribution >= 0.6 is 0 Å². The molecule has 3 heteroatoms. The average molecular weight is 175 g/mol. The van der Waals surface area contributed by atoms with Gasteiger partial charge in [-0.25, -0.2) is 4.98 Å². The van der Waals surface area contributed by atoms with E-state index in [-0.39, 0.29) is 5.41 Å². The number of hydrogen-bond acceptors (Lipinski definition) is 2. The number of aromatic nitrogens is 2. The Bertz CT molecular complexity index is 339. The van der Waals surface area contributed by atoms with Crippen LogP contribution in [0, 0.1) is 11.3 Å². The molecule has 1 aromatic rings. The van der Waals surface area contributed by atoms with Gasteiger partial charge >= 0.3 is 0 Å². The molecule has 0 amide bonds. The number of nitrogens with zero attached hydrogens (tertiary/aromatic N) is 3. The molecule has 0 aliphatic heterocycles. The third kappa shape index (κ3) is 1.14. The van der Waals surface area contributed by atoms with Crippen molar-refractivity contribution in [2.45, 2.75) is 31.1 Å². The van der Waals surface area contributed by atoms with E-state index in [9.17, 15) is 5.26 Å². The fourth-order valence-corrected chi connectivity index (χ4v) is 2.19. The van der Waals surface area contributed by atoms with E-state index in [2.05, 4.69) is 11.1 Å². The van der Waals surface area contributed by atoms with Crippen LogP contribution in [0.15, 0.2) is 12.4 Å². The minimum Gasteiger partial charge on any atom is -0.337 e. The summed E-state index contributed by atoms with van der Waals surface area (Å²) in [6.45, 7) is 0. The number of imidazole rings is 1. The van der Waals surface area contributed by atoms with Crippen LogP contribution in [0.1, 0.15) is 31.5 Å². The van der Waals surface area contributed by atoms with Crippen LogP contribution < -0.4 is 0 Å². The Kier molecular flexibility index (Phi) is 1.84. The van der Waals surface area contributed by atoms with Crippen molar-refractivity contribution in [1.82, 2.24) is 9.55 Å². The maximum Gasteiger partial charge on any atom is 0.128 e. The zero-order valence-electron chi connectivity index (χ0n) is 7.82. The molecule has 1 aliphatic carbocycles. The molecule has 0 bridgehead atoms. The smallest absolute Gasteiger partial charge is 0.128 e. The van der Waals surface area contributed by atoms with Crippen LogP contribution in [0.4, 0.5) is 0 Å². The lowest BCUT2D eigenvalue weighted by Crippen LogP contribution is -2.23. The highest BCUT2D eigenvalue weighted by Crippen LogP contribution is 2.39. The third-order valence-corrected chi connectivity index (χ3v) is 2.92. The summed E-state index contributed by atoms with van der Waals surface area (Å²) >= 11 is 0. The van der Waals surface area contributed by atoms with Crippen molar-refractivity contribution in [2.75, 3.05) is 0 Å². The average Bonchev–Trinajstić information content (AvgIpc) is 2.73. The van der Waals surface area contributed by atoms with E-state index in [1.807, 2.05) is 17.8 Å². The van der Waals surface area contributed by atoms with Gasteiger partial charge in [-0.05, 0) is 12.8 Å². The molecule has 0 spiro atoms. The van der Waals surface area contributed by atoms with Crippen molar-refractivity contribution < 1.29 is 0 Å². The SMILES string of the molecule is Cn1ccnc1C1(C#N)CCCC1. The summed E-state index contributed by atoms with van der Waals surface area (Å²) in [4.78, 5) is 4.28. The highest BCUT2D eigenvalue weighted by atomic mass is 15.0. The molecule has 0 atom stereocenters. The van der Waals surface area contributed by atoms with Gasteiger partial charge in [0.15, 0.2) is 0 Å². The fourth-order valence-electron chi connectivity index (χ4n) is 2.19. The van der Waals surface area contributed by atoms with Crippen molar-refractivity contribution >= 4 is 0 Å². The molecule has 0 unspecified atom stereocenters. The van der Waals surface area contributed by atoms with Gasteiger partial charge in [0.2, 0.25) is 0 Å². The van der Waals surface area contributed by atoms with Crippen molar-refractivity contribution in [2.24, 2.45) is 7.05 Å². The van der Waals surface area contributed by atoms with E-state index < -0.39 is 0 Å². The summed E-state index contributed by atoms with van der Waals surface area (Å²) in [5, 5.41) is 9.21. The van der Waals surface area contributed by atoms with E-state index >= 15 is 0 Å². The lowest BCUT2D eigenvalue weighted by Gasteiger charge is -2.19. The van der Waals surface area contributed by atoms with Gasteiger partial charge in [0, 0.05) is 19.4 Å². The Morgan fingerprint density at radius 1 is 1.54 bits per heavy atom. The lowest BCUT2D eigenvalue weighted by molar-refractivity contribution is 0.513. The molecule has 68 valence electrons. The van der Waals surface area contributed by atoms with Gasteiger partial charge in [0.25, 0.3) is 0 Å². The monoisotopic (exact) mass is 175 g/mol. The number of aryl methyl sites for hydroxylation is 1. The minimum atomic E-state index is -0.293. The predicted molar refractivity (Wildman–Crippen MR) is 49.0 cm³/mol. The number of nitriles is 1.